The topological polar surface area (TPSA) is 55.1 Å². The fourth-order valence-electron chi connectivity index (χ4n) is 1.36. The Hall–Kier alpha value is -1.62. The number of aromatic nitrogens is 1. The van der Waals surface area contributed by atoms with E-state index in [2.05, 4.69) is 26.2 Å². The van der Waals surface area contributed by atoms with Crippen molar-refractivity contribution in [3.8, 4) is 0 Å². The molecule has 0 aliphatic carbocycles. The van der Waals surface area contributed by atoms with Crippen molar-refractivity contribution in [1.29, 1.82) is 0 Å². The zero-order valence-electron chi connectivity index (χ0n) is 9.02. The zero-order chi connectivity index (χ0) is 12.1. The molecule has 2 aromatic rings. The summed E-state index contributed by atoms with van der Waals surface area (Å²) >= 11 is 3.35. The molecule has 1 amide bonds. The molecule has 0 aliphatic heterocycles. The van der Waals surface area contributed by atoms with E-state index in [1.54, 1.807) is 0 Å². The number of carbonyl (C=O) groups is 1. The number of carbonyl (C=O) groups excluding carboxylic acids is 1. The molecule has 1 N–H and O–H groups in total. The molecule has 0 spiro atoms. The van der Waals surface area contributed by atoms with Crippen LogP contribution in [0.4, 0.5) is 0 Å². The maximum absolute atomic E-state index is 11.6. The summed E-state index contributed by atoms with van der Waals surface area (Å²) in [6.45, 7) is 0.395. The second-order valence-electron chi connectivity index (χ2n) is 3.56. The standard InChI is InChI=1S/C12H11BrN2O2/c13-10-3-1-9(2-4-10)5-12(16)14-6-11-7-17-8-15-11/h1-4,7-8H,5-6H2,(H,14,16). The summed E-state index contributed by atoms with van der Waals surface area (Å²) in [5, 5.41) is 2.77. The van der Waals surface area contributed by atoms with Crippen LogP contribution < -0.4 is 5.32 Å². The number of amides is 1. The van der Waals surface area contributed by atoms with Crippen LogP contribution in [0.25, 0.3) is 0 Å². The molecule has 0 saturated carbocycles. The van der Waals surface area contributed by atoms with Crippen molar-refractivity contribution >= 4 is 21.8 Å². The summed E-state index contributed by atoms with van der Waals surface area (Å²) in [6.07, 6.45) is 3.22. The Morgan fingerprint density at radius 3 is 2.76 bits per heavy atom. The normalized spacial score (nSPS) is 10.2. The second kappa shape index (κ2) is 5.63. The molecule has 0 unspecified atom stereocenters. The number of hydrogen-bond donors (Lipinski definition) is 1. The molecule has 0 radical (unpaired) electrons. The van der Waals surface area contributed by atoms with Gasteiger partial charge in [0, 0.05) is 4.47 Å². The summed E-state index contributed by atoms with van der Waals surface area (Å²) in [5.41, 5.74) is 1.69. The quantitative estimate of drug-likeness (QED) is 0.941. The van der Waals surface area contributed by atoms with E-state index in [-0.39, 0.29) is 5.91 Å². The minimum absolute atomic E-state index is 0.0321. The number of halogens is 1. The van der Waals surface area contributed by atoms with E-state index in [4.69, 9.17) is 4.42 Å². The average molecular weight is 295 g/mol. The van der Waals surface area contributed by atoms with Crippen LogP contribution in [0.5, 0.6) is 0 Å². The molecule has 1 heterocycles. The first-order valence-corrected chi connectivity index (χ1v) is 5.91. The van der Waals surface area contributed by atoms with Crippen molar-refractivity contribution in [2.24, 2.45) is 0 Å². The van der Waals surface area contributed by atoms with Gasteiger partial charge in [-0.3, -0.25) is 4.79 Å². The van der Waals surface area contributed by atoms with Crippen molar-refractivity contribution in [2.45, 2.75) is 13.0 Å². The summed E-state index contributed by atoms with van der Waals surface area (Å²) in [7, 11) is 0. The van der Waals surface area contributed by atoms with E-state index in [9.17, 15) is 4.79 Å². The van der Waals surface area contributed by atoms with Crippen LogP contribution in [0.2, 0.25) is 0 Å². The first kappa shape index (κ1) is 11.9. The van der Waals surface area contributed by atoms with E-state index in [0.717, 1.165) is 10.0 Å². The molecule has 4 nitrogen and oxygen atoms in total. The zero-order valence-corrected chi connectivity index (χ0v) is 10.6. The highest BCUT2D eigenvalue weighted by Crippen LogP contribution is 2.10. The van der Waals surface area contributed by atoms with Gasteiger partial charge in [0.15, 0.2) is 6.39 Å². The van der Waals surface area contributed by atoms with Gasteiger partial charge < -0.3 is 9.73 Å². The molecule has 1 aromatic heterocycles. The number of benzene rings is 1. The molecule has 0 bridgehead atoms. The van der Waals surface area contributed by atoms with Crippen LogP contribution in [-0.4, -0.2) is 10.9 Å². The number of oxazole rings is 1. The van der Waals surface area contributed by atoms with E-state index in [0.29, 0.717) is 18.7 Å². The van der Waals surface area contributed by atoms with Gasteiger partial charge in [0.25, 0.3) is 0 Å². The Balaban J connectivity index is 1.83. The predicted octanol–water partition coefficient (Wildman–Crippen LogP) is 2.30. The molecule has 0 atom stereocenters. The summed E-state index contributed by atoms with van der Waals surface area (Å²) in [4.78, 5) is 15.5. The SMILES string of the molecule is O=C(Cc1ccc(Br)cc1)NCc1cocn1. The highest BCUT2D eigenvalue weighted by atomic mass is 79.9. The number of hydrogen-bond acceptors (Lipinski definition) is 3. The monoisotopic (exact) mass is 294 g/mol. The molecule has 0 saturated heterocycles. The largest absolute Gasteiger partial charge is 0.451 e. The Morgan fingerprint density at radius 2 is 2.12 bits per heavy atom. The molecule has 0 fully saturated rings. The third kappa shape index (κ3) is 3.71. The first-order valence-electron chi connectivity index (χ1n) is 5.12. The first-order chi connectivity index (χ1) is 8.24. The smallest absolute Gasteiger partial charge is 0.224 e. The van der Waals surface area contributed by atoms with Gasteiger partial charge in [-0.2, -0.15) is 0 Å². The van der Waals surface area contributed by atoms with Crippen LogP contribution in [0.15, 0.2) is 45.8 Å². The van der Waals surface area contributed by atoms with Crippen LogP contribution in [0, 0.1) is 0 Å². The summed E-state index contributed by atoms with van der Waals surface area (Å²) in [5.74, 6) is -0.0321. The third-order valence-corrected chi connectivity index (χ3v) is 2.76. The van der Waals surface area contributed by atoms with Crippen molar-refractivity contribution in [1.82, 2.24) is 10.3 Å². The van der Waals surface area contributed by atoms with Gasteiger partial charge in [-0.05, 0) is 17.7 Å². The molecule has 5 heteroatoms. The number of nitrogens with zero attached hydrogens (tertiary/aromatic N) is 1. The lowest BCUT2D eigenvalue weighted by Crippen LogP contribution is -2.24. The number of nitrogens with one attached hydrogen (secondary N) is 1. The summed E-state index contributed by atoms with van der Waals surface area (Å²) in [6, 6.07) is 7.67. The molecular weight excluding hydrogens is 284 g/mol. The Kier molecular flexibility index (Phi) is 3.93. The maximum atomic E-state index is 11.6. The van der Waals surface area contributed by atoms with Crippen LogP contribution in [-0.2, 0) is 17.8 Å². The molecule has 88 valence electrons. The van der Waals surface area contributed by atoms with E-state index in [1.807, 2.05) is 24.3 Å². The summed E-state index contributed by atoms with van der Waals surface area (Å²) < 4.78 is 5.81. The van der Waals surface area contributed by atoms with Crippen LogP contribution >= 0.6 is 15.9 Å². The molecule has 0 aliphatic rings. The highest BCUT2D eigenvalue weighted by Gasteiger charge is 2.04. The fourth-order valence-corrected chi connectivity index (χ4v) is 1.63. The lowest BCUT2D eigenvalue weighted by atomic mass is 10.1. The van der Waals surface area contributed by atoms with E-state index >= 15 is 0 Å². The van der Waals surface area contributed by atoms with Gasteiger partial charge in [-0.1, -0.05) is 28.1 Å². The minimum Gasteiger partial charge on any atom is -0.451 e. The Bertz CT molecular complexity index is 480. The van der Waals surface area contributed by atoms with E-state index in [1.165, 1.54) is 12.7 Å². The molecular formula is C12H11BrN2O2. The molecule has 2 rings (SSSR count). The third-order valence-electron chi connectivity index (χ3n) is 2.23. The highest BCUT2D eigenvalue weighted by molar-refractivity contribution is 9.10. The Labute approximate surface area is 107 Å². The van der Waals surface area contributed by atoms with Crippen molar-refractivity contribution in [3.63, 3.8) is 0 Å². The van der Waals surface area contributed by atoms with Gasteiger partial charge in [0.2, 0.25) is 5.91 Å². The van der Waals surface area contributed by atoms with E-state index < -0.39 is 0 Å². The predicted molar refractivity (Wildman–Crippen MR) is 66.2 cm³/mol. The van der Waals surface area contributed by atoms with Crippen molar-refractivity contribution < 1.29 is 9.21 Å². The van der Waals surface area contributed by atoms with Gasteiger partial charge >= 0.3 is 0 Å². The van der Waals surface area contributed by atoms with Gasteiger partial charge in [0.05, 0.1) is 18.7 Å². The van der Waals surface area contributed by atoms with Gasteiger partial charge in [-0.25, -0.2) is 4.98 Å². The fraction of sp³-hybridized carbons (Fsp3) is 0.167. The number of rotatable bonds is 4. The van der Waals surface area contributed by atoms with Crippen molar-refractivity contribution in [3.05, 3.63) is 52.7 Å². The van der Waals surface area contributed by atoms with Crippen LogP contribution in [0.3, 0.4) is 0 Å². The van der Waals surface area contributed by atoms with Crippen molar-refractivity contribution in [2.75, 3.05) is 0 Å². The lowest BCUT2D eigenvalue weighted by molar-refractivity contribution is -0.120. The molecule has 17 heavy (non-hydrogen) atoms. The molecule has 1 aromatic carbocycles. The average Bonchev–Trinajstić information content (AvgIpc) is 2.83. The van der Waals surface area contributed by atoms with Gasteiger partial charge in [-0.15, -0.1) is 0 Å². The van der Waals surface area contributed by atoms with Crippen LogP contribution in [0.1, 0.15) is 11.3 Å². The van der Waals surface area contributed by atoms with Gasteiger partial charge in [0.1, 0.15) is 6.26 Å². The Morgan fingerprint density at radius 1 is 1.35 bits per heavy atom. The lowest BCUT2D eigenvalue weighted by Gasteiger charge is -2.03. The second-order valence-corrected chi connectivity index (χ2v) is 4.48. The minimum atomic E-state index is -0.0321. The maximum Gasteiger partial charge on any atom is 0.224 e.